The molecule has 1 amide bonds. The fourth-order valence-corrected chi connectivity index (χ4v) is 4.56. The zero-order valence-corrected chi connectivity index (χ0v) is 20.9. The Hall–Kier alpha value is -2.55. The summed E-state index contributed by atoms with van der Waals surface area (Å²) in [5.41, 5.74) is -0.664. The van der Waals surface area contributed by atoms with Crippen LogP contribution < -0.4 is 14.2 Å². The average molecular weight is 495 g/mol. The molecule has 2 heterocycles. The normalized spacial score (nSPS) is 19.6. The summed E-state index contributed by atoms with van der Waals surface area (Å²) in [6.07, 6.45) is 1.59. The highest BCUT2D eigenvalue weighted by atomic mass is 19.4. The Morgan fingerprint density at radius 2 is 1.89 bits per heavy atom. The minimum absolute atomic E-state index is 0.139. The van der Waals surface area contributed by atoms with Gasteiger partial charge in [0.05, 0.1) is 6.54 Å². The van der Waals surface area contributed by atoms with Crippen molar-refractivity contribution < 1.29 is 31.7 Å². The number of oxazole rings is 1. The van der Waals surface area contributed by atoms with Gasteiger partial charge in [0.25, 0.3) is 0 Å². The highest BCUT2D eigenvalue weighted by Gasteiger charge is 2.55. The molecule has 0 spiro atoms. The van der Waals surface area contributed by atoms with Crippen LogP contribution in [0.5, 0.6) is 5.75 Å². The molecule has 0 unspecified atom stereocenters. The number of likely N-dealkylation sites (N-methyl/N-ethyl adjacent to an activating group) is 1. The lowest BCUT2D eigenvalue weighted by atomic mass is 9.85. The third-order valence-corrected chi connectivity index (χ3v) is 7.01. The molecule has 6 nitrogen and oxygen atoms in total. The van der Waals surface area contributed by atoms with Crippen LogP contribution in [-0.4, -0.2) is 43.3 Å². The zero-order chi connectivity index (χ0) is 25.4. The number of hydrogen-bond donors (Lipinski definition) is 0. The van der Waals surface area contributed by atoms with Crippen LogP contribution in [0.25, 0.3) is 0 Å². The highest BCUT2D eigenvalue weighted by molar-refractivity contribution is 6.06. The molecule has 1 aromatic carbocycles. The molecule has 1 saturated carbocycles. The maximum atomic E-state index is 14.5. The second-order valence-electron chi connectivity index (χ2n) is 10.8. The monoisotopic (exact) mass is 494 g/mol. The number of carbonyl (C=O) groups excluding carboxylic acids is 1. The summed E-state index contributed by atoms with van der Waals surface area (Å²) in [5.74, 6) is -0.415. The molecule has 1 saturated heterocycles. The van der Waals surface area contributed by atoms with Crippen molar-refractivity contribution in [3.63, 3.8) is 0 Å². The lowest BCUT2D eigenvalue weighted by Crippen LogP contribution is -2.51. The smallest absolute Gasteiger partial charge is 0.491 e. The van der Waals surface area contributed by atoms with E-state index >= 15 is 0 Å². The molecule has 0 bridgehead atoms. The van der Waals surface area contributed by atoms with Crippen LogP contribution in [0.3, 0.4) is 0 Å². The van der Waals surface area contributed by atoms with Crippen molar-refractivity contribution in [1.82, 2.24) is 4.90 Å². The van der Waals surface area contributed by atoms with Gasteiger partial charge in [-0.3, -0.25) is 0 Å². The summed E-state index contributed by atoms with van der Waals surface area (Å²) in [7, 11) is 1.99. The first-order valence-corrected chi connectivity index (χ1v) is 12.3. The summed E-state index contributed by atoms with van der Waals surface area (Å²) in [6.45, 7) is 7.24. The molecular weight excluding hydrogens is 459 g/mol. The van der Waals surface area contributed by atoms with E-state index in [1.165, 1.54) is 10.6 Å². The minimum atomic E-state index is -4.98. The van der Waals surface area contributed by atoms with E-state index in [4.69, 9.17) is 9.15 Å². The van der Waals surface area contributed by atoms with Gasteiger partial charge in [0, 0.05) is 11.5 Å². The van der Waals surface area contributed by atoms with Crippen LogP contribution in [0.1, 0.15) is 69.0 Å². The van der Waals surface area contributed by atoms with Gasteiger partial charge in [-0.05, 0) is 57.3 Å². The summed E-state index contributed by atoms with van der Waals surface area (Å²) < 4.78 is 56.5. The van der Waals surface area contributed by atoms with Crippen LogP contribution in [0.15, 0.2) is 34.9 Å². The number of para-hydroxylation sites is 1. The van der Waals surface area contributed by atoms with Crippen LogP contribution in [0, 0.1) is 5.92 Å². The molecule has 2 aromatic rings. The number of anilines is 1. The SMILES string of the molecule is CN1CCC[C@H]1COc1ccccc1C(=O)N(c1oc(C(C)(C)C)c[n+]1CC1CCC1)C(F)(F)F. The van der Waals surface area contributed by atoms with E-state index in [-0.39, 0.29) is 28.2 Å². The van der Waals surface area contributed by atoms with Gasteiger partial charge in [-0.25, -0.2) is 4.79 Å². The molecular formula is C26H35F3N3O3+. The molecule has 1 aliphatic heterocycles. The quantitative estimate of drug-likeness (QED) is 0.387. The second kappa shape index (κ2) is 9.84. The van der Waals surface area contributed by atoms with E-state index in [9.17, 15) is 18.0 Å². The van der Waals surface area contributed by atoms with Crippen molar-refractivity contribution in [2.24, 2.45) is 5.92 Å². The molecule has 4 rings (SSSR count). The van der Waals surface area contributed by atoms with E-state index in [1.807, 2.05) is 27.8 Å². The number of benzene rings is 1. The number of likely N-dealkylation sites (tertiary alicyclic amines) is 1. The molecule has 1 aromatic heterocycles. The summed E-state index contributed by atoms with van der Waals surface area (Å²) in [4.78, 5) is 15.5. The lowest BCUT2D eigenvalue weighted by molar-refractivity contribution is -0.695. The van der Waals surface area contributed by atoms with Gasteiger partial charge in [0.15, 0.2) is 5.76 Å². The van der Waals surface area contributed by atoms with Crippen LogP contribution >= 0.6 is 0 Å². The Labute approximate surface area is 204 Å². The summed E-state index contributed by atoms with van der Waals surface area (Å²) in [6, 6.07) is 5.77. The van der Waals surface area contributed by atoms with Gasteiger partial charge in [0.2, 0.25) is 0 Å². The number of ether oxygens (including phenoxy) is 1. The van der Waals surface area contributed by atoms with Crippen molar-refractivity contribution in [3.05, 3.63) is 41.8 Å². The number of rotatable bonds is 7. The predicted octanol–water partition coefficient (Wildman–Crippen LogP) is 5.30. The first-order valence-electron chi connectivity index (χ1n) is 12.3. The number of amides is 1. The van der Waals surface area contributed by atoms with E-state index in [1.54, 1.807) is 24.4 Å². The first-order chi connectivity index (χ1) is 16.4. The Morgan fingerprint density at radius 1 is 1.17 bits per heavy atom. The maximum absolute atomic E-state index is 14.5. The molecule has 2 fully saturated rings. The summed E-state index contributed by atoms with van der Waals surface area (Å²) >= 11 is 0. The molecule has 35 heavy (non-hydrogen) atoms. The van der Waals surface area contributed by atoms with Crippen molar-refractivity contribution in [2.75, 3.05) is 25.1 Å². The van der Waals surface area contributed by atoms with Gasteiger partial charge >= 0.3 is 18.2 Å². The number of alkyl halides is 3. The average Bonchev–Trinajstić information content (AvgIpc) is 3.34. The lowest BCUT2D eigenvalue weighted by Gasteiger charge is -2.24. The van der Waals surface area contributed by atoms with Gasteiger partial charge in [0.1, 0.15) is 24.1 Å². The Bertz CT molecular complexity index is 1040. The van der Waals surface area contributed by atoms with Crippen molar-refractivity contribution >= 4 is 11.9 Å². The van der Waals surface area contributed by atoms with E-state index < -0.39 is 23.6 Å². The van der Waals surface area contributed by atoms with Gasteiger partial charge < -0.3 is 14.1 Å². The molecule has 192 valence electrons. The van der Waals surface area contributed by atoms with E-state index in [0.717, 1.165) is 38.6 Å². The fraction of sp³-hybridized carbons (Fsp3) is 0.615. The molecule has 0 N–H and O–H groups in total. The van der Waals surface area contributed by atoms with Crippen LogP contribution in [0.4, 0.5) is 19.2 Å². The standard InChI is InChI=1S/C26H35F3N3O3/c1-25(2,3)22-16-31(15-18-9-7-10-18)24(35-22)32(26(27,28)29)23(33)20-12-5-6-13-21(20)34-17-19-11-8-14-30(19)4/h5-6,12-13,16,18-19H,7-11,14-15,17H2,1-4H3/q+1/t19-/m0/s1. The number of aromatic nitrogens is 1. The van der Waals surface area contributed by atoms with E-state index in [2.05, 4.69) is 4.90 Å². The largest absolute Gasteiger partial charge is 0.573 e. The van der Waals surface area contributed by atoms with Crippen LogP contribution in [0.2, 0.25) is 0 Å². The minimum Gasteiger partial charge on any atom is -0.491 e. The fourth-order valence-electron chi connectivity index (χ4n) is 4.56. The van der Waals surface area contributed by atoms with Crippen molar-refractivity contribution in [3.8, 4) is 5.75 Å². The molecule has 0 radical (unpaired) electrons. The highest BCUT2D eigenvalue weighted by Crippen LogP contribution is 2.35. The zero-order valence-electron chi connectivity index (χ0n) is 20.9. The molecule has 2 aliphatic rings. The molecule has 9 heteroatoms. The number of carbonyl (C=O) groups is 1. The molecule has 1 aliphatic carbocycles. The third kappa shape index (κ3) is 5.66. The predicted molar refractivity (Wildman–Crippen MR) is 125 cm³/mol. The second-order valence-corrected chi connectivity index (χ2v) is 10.8. The Kier molecular flexibility index (Phi) is 7.18. The van der Waals surface area contributed by atoms with Gasteiger partial charge in [-0.1, -0.05) is 44.2 Å². The van der Waals surface area contributed by atoms with E-state index in [0.29, 0.717) is 18.9 Å². The third-order valence-electron chi connectivity index (χ3n) is 7.01. The topological polar surface area (TPSA) is 49.8 Å². The van der Waals surface area contributed by atoms with Gasteiger partial charge in [-0.15, -0.1) is 13.2 Å². The summed E-state index contributed by atoms with van der Waals surface area (Å²) in [5, 5.41) is 0. The van der Waals surface area contributed by atoms with Gasteiger partial charge in [-0.2, -0.15) is 4.57 Å². The van der Waals surface area contributed by atoms with Crippen LogP contribution in [-0.2, 0) is 12.0 Å². The van der Waals surface area contributed by atoms with Crippen molar-refractivity contribution in [1.29, 1.82) is 0 Å². The van der Waals surface area contributed by atoms with Crippen molar-refractivity contribution in [2.45, 2.75) is 77.2 Å². The Balaban J connectivity index is 1.68. The number of hydrogen-bond acceptors (Lipinski definition) is 4. The number of halogens is 3. The maximum Gasteiger partial charge on any atom is 0.573 e. The first kappa shape index (κ1) is 25.5. The number of nitrogens with zero attached hydrogens (tertiary/aromatic N) is 3. The Morgan fingerprint density at radius 3 is 2.46 bits per heavy atom. The molecule has 1 atom stereocenters.